The van der Waals surface area contributed by atoms with Crippen molar-refractivity contribution in [2.75, 3.05) is 12.3 Å². The normalized spacial score (nSPS) is 26.0. The Balaban J connectivity index is 2.31. The van der Waals surface area contributed by atoms with Gasteiger partial charge in [0.1, 0.15) is 18.5 Å². The zero-order valence-electron chi connectivity index (χ0n) is 13.5. The van der Waals surface area contributed by atoms with E-state index < -0.39 is 42.4 Å². The number of aromatic nitrogens is 2. The number of esters is 3. The van der Waals surface area contributed by atoms with Crippen molar-refractivity contribution in [1.29, 1.82) is 0 Å². The van der Waals surface area contributed by atoms with Gasteiger partial charge in [0.05, 0.1) is 12.5 Å². The van der Waals surface area contributed by atoms with Crippen LogP contribution in [0.25, 0.3) is 0 Å². The molecule has 1 aliphatic heterocycles. The first-order valence-corrected chi connectivity index (χ1v) is 7.20. The van der Waals surface area contributed by atoms with Crippen LogP contribution in [0.5, 0.6) is 0 Å². The van der Waals surface area contributed by atoms with Crippen LogP contribution < -0.4 is 5.73 Å². The summed E-state index contributed by atoms with van der Waals surface area (Å²) in [5, 5.41) is 0. The van der Waals surface area contributed by atoms with E-state index in [1.807, 2.05) is 0 Å². The zero-order valence-corrected chi connectivity index (χ0v) is 13.5. The molecule has 10 heteroatoms. The van der Waals surface area contributed by atoms with Crippen LogP contribution in [0.3, 0.4) is 0 Å². The van der Waals surface area contributed by atoms with Crippen LogP contribution in [0.2, 0.25) is 0 Å². The molecule has 24 heavy (non-hydrogen) atoms. The standard InChI is InChI=1S/C14H19N3O7/c1-7(18)21-5-10-12(22-8(2)19)13(23-9(3)20)14(24-10)17-6-16-4-11(17)15/h4,6,10,12-14H,5,15H2,1-3H3/t10-,12-,13-,14-/m1/s1. The molecular weight excluding hydrogens is 322 g/mol. The lowest BCUT2D eigenvalue weighted by Crippen LogP contribution is -2.40. The molecular formula is C14H19N3O7. The highest BCUT2D eigenvalue weighted by atomic mass is 16.7. The van der Waals surface area contributed by atoms with Crippen molar-refractivity contribution < 1.29 is 33.3 Å². The summed E-state index contributed by atoms with van der Waals surface area (Å²) in [6, 6.07) is 0. The lowest BCUT2D eigenvalue weighted by molar-refractivity contribution is -0.166. The van der Waals surface area contributed by atoms with Gasteiger partial charge in [0, 0.05) is 20.8 Å². The maximum atomic E-state index is 11.4. The lowest BCUT2D eigenvalue weighted by atomic mass is 10.1. The van der Waals surface area contributed by atoms with Crippen LogP contribution in [0.1, 0.15) is 27.0 Å². The smallest absolute Gasteiger partial charge is 0.303 e. The molecule has 1 aliphatic rings. The Labute approximate surface area is 137 Å². The van der Waals surface area contributed by atoms with E-state index in [9.17, 15) is 14.4 Å². The molecule has 1 fully saturated rings. The minimum Gasteiger partial charge on any atom is -0.463 e. The van der Waals surface area contributed by atoms with Crippen molar-refractivity contribution in [3.8, 4) is 0 Å². The van der Waals surface area contributed by atoms with Gasteiger partial charge in [-0.2, -0.15) is 0 Å². The number of anilines is 1. The molecule has 1 aromatic heterocycles. The van der Waals surface area contributed by atoms with E-state index in [4.69, 9.17) is 24.7 Å². The number of carbonyl (C=O) groups excluding carboxylic acids is 3. The Kier molecular flexibility index (Phi) is 5.39. The van der Waals surface area contributed by atoms with Gasteiger partial charge >= 0.3 is 17.9 Å². The summed E-state index contributed by atoms with van der Waals surface area (Å²) in [6.45, 7) is 3.51. The minimum absolute atomic E-state index is 0.170. The molecule has 0 radical (unpaired) electrons. The van der Waals surface area contributed by atoms with E-state index in [1.54, 1.807) is 0 Å². The van der Waals surface area contributed by atoms with Crippen LogP contribution >= 0.6 is 0 Å². The molecule has 0 unspecified atom stereocenters. The van der Waals surface area contributed by atoms with E-state index in [0.717, 1.165) is 0 Å². The monoisotopic (exact) mass is 341 g/mol. The van der Waals surface area contributed by atoms with Gasteiger partial charge in [-0.15, -0.1) is 0 Å². The van der Waals surface area contributed by atoms with Crippen molar-refractivity contribution in [3.05, 3.63) is 12.5 Å². The molecule has 0 bridgehead atoms. The Morgan fingerprint density at radius 3 is 2.29 bits per heavy atom. The largest absolute Gasteiger partial charge is 0.463 e. The molecule has 2 heterocycles. The van der Waals surface area contributed by atoms with Gasteiger partial charge in [-0.25, -0.2) is 4.98 Å². The van der Waals surface area contributed by atoms with Gasteiger partial charge < -0.3 is 24.7 Å². The van der Waals surface area contributed by atoms with Gasteiger partial charge in [0.2, 0.25) is 0 Å². The van der Waals surface area contributed by atoms with Crippen molar-refractivity contribution >= 4 is 23.7 Å². The van der Waals surface area contributed by atoms with Crippen molar-refractivity contribution in [2.24, 2.45) is 0 Å². The molecule has 10 nitrogen and oxygen atoms in total. The number of hydrogen-bond acceptors (Lipinski definition) is 9. The summed E-state index contributed by atoms with van der Waals surface area (Å²) >= 11 is 0. The number of nitrogens with two attached hydrogens (primary N) is 1. The average molecular weight is 341 g/mol. The summed E-state index contributed by atoms with van der Waals surface area (Å²) in [6.07, 6.45) is -0.833. The van der Waals surface area contributed by atoms with Gasteiger partial charge in [-0.1, -0.05) is 0 Å². The van der Waals surface area contributed by atoms with Crippen LogP contribution in [0, 0.1) is 0 Å². The summed E-state index contributed by atoms with van der Waals surface area (Å²) in [5.41, 5.74) is 5.81. The summed E-state index contributed by atoms with van der Waals surface area (Å²) in [4.78, 5) is 37.8. The number of carbonyl (C=O) groups is 3. The van der Waals surface area contributed by atoms with Crippen molar-refractivity contribution in [1.82, 2.24) is 9.55 Å². The SMILES string of the molecule is CC(=O)OC[C@H]1O[C@@H](n2cncc2N)[C@H](OC(C)=O)[C@@H]1OC(C)=O. The molecule has 2 N–H and O–H groups in total. The zero-order chi connectivity index (χ0) is 17.9. The van der Waals surface area contributed by atoms with Crippen molar-refractivity contribution in [2.45, 2.75) is 45.3 Å². The lowest BCUT2D eigenvalue weighted by Gasteiger charge is -2.24. The molecule has 0 amide bonds. The Morgan fingerprint density at radius 2 is 1.79 bits per heavy atom. The predicted octanol–water partition coefficient (Wildman–Crippen LogP) is -0.211. The fourth-order valence-corrected chi connectivity index (χ4v) is 2.44. The number of rotatable bonds is 5. The number of imidazole rings is 1. The third-order valence-corrected chi connectivity index (χ3v) is 3.31. The van der Waals surface area contributed by atoms with Crippen LogP contribution in [-0.2, 0) is 33.3 Å². The van der Waals surface area contributed by atoms with E-state index in [2.05, 4.69) is 4.98 Å². The quantitative estimate of drug-likeness (QED) is 0.570. The van der Waals surface area contributed by atoms with Crippen LogP contribution in [0.4, 0.5) is 5.82 Å². The molecule has 0 spiro atoms. The summed E-state index contributed by atoms with van der Waals surface area (Å²) in [5.74, 6) is -1.42. The first-order valence-electron chi connectivity index (χ1n) is 7.20. The summed E-state index contributed by atoms with van der Waals surface area (Å²) < 4.78 is 22.7. The summed E-state index contributed by atoms with van der Waals surface area (Å²) in [7, 11) is 0. The second-order valence-corrected chi connectivity index (χ2v) is 5.24. The number of ether oxygens (including phenoxy) is 4. The van der Waals surface area contributed by atoms with Gasteiger partial charge in [0.15, 0.2) is 18.4 Å². The predicted molar refractivity (Wildman–Crippen MR) is 78.3 cm³/mol. The second-order valence-electron chi connectivity index (χ2n) is 5.24. The molecule has 132 valence electrons. The molecule has 4 atom stereocenters. The Bertz CT molecular complexity index is 630. The molecule has 0 aliphatic carbocycles. The third kappa shape index (κ3) is 4.02. The highest BCUT2D eigenvalue weighted by Crippen LogP contribution is 2.35. The first-order chi connectivity index (χ1) is 11.3. The fourth-order valence-electron chi connectivity index (χ4n) is 2.44. The molecule has 1 saturated heterocycles. The number of nitrogen functional groups attached to an aromatic ring is 1. The van der Waals surface area contributed by atoms with E-state index in [1.165, 1.54) is 37.9 Å². The van der Waals surface area contributed by atoms with E-state index in [-0.39, 0.29) is 12.4 Å². The average Bonchev–Trinajstić information content (AvgIpc) is 3.01. The molecule has 0 aromatic carbocycles. The number of nitrogens with zero attached hydrogens (tertiary/aromatic N) is 2. The number of hydrogen-bond donors (Lipinski definition) is 1. The van der Waals surface area contributed by atoms with E-state index >= 15 is 0 Å². The highest BCUT2D eigenvalue weighted by Gasteiger charge is 2.50. The van der Waals surface area contributed by atoms with Gasteiger partial charge in [-0.05, 0) is 0 Å². The second kappa shape index (κ2) is 7.30. The van der Waals surface area contributed by atoms with Crippen LogP contribution in [-0.4, -0.2) is 52.4 Å². The van der Waals surface area contributed by atoms with E-state index in [0.29, 0.717) is 0 Å². The Morgan fingerprint density at radius 1 is 1.17 bits per heavy atom. The Hall–Kier alpha value is -2.62. The third-order valence-electron chi connectivity index (χ3n) is 3.31. The maximum Gasteiger partial charge on any atom is 0.303 e. The van der Waals surface area contributed by atoms with Crippen LogP contribution in [0.15, 0.2) is 12.5 Å². The van der Waals surface area contributed by atoms with Gasteiger partial charge in [0.25, 0.3) is 0 Å². The first kappa shape index (κ1) is 17.7. The highest BCUT2D eigenvalue weighted by molar-refractivity contribution is 5.68. The van der Waals surface area contributed by atoms with Crippen molar-refractivity contribution in [3.63, 3.8) is 0 Å². The van der Waals surface area contributed by atoms with Gasteiger partial charge in [-0.3, -0.25) is 19.0 Å². The minimum atomic E-state index is -0.969. The maximum absolute atomic E-state index is 11.4. The molecule has 0 saturated carbocycles. The fraction of sp³-hybridized carbons (Fsp3) is 0.571. The molecule has 1 aromatic rings. The topological polar surface area (TPSA) is 132 Å². The molecule has 2 rings (SSSR count).